The van der Waals surface area contributed by atoms with Gasteiger partial charge in [-0.25, -0.2) is 9.97 Å². The van der Waals surface area contributed by atoms with Crippen LogP contribution in [0, 0.1) is 27.7 Å². The highest BCUT2D eigenvalue weighted by atomic mass is 14.9. The second-order valence-corrected chi connectivity index (χ2v) is 11.1. The fraction of sp³-hybridized carbons (Fsp3) is 0.333. The fourth-order valence-electron chi connectivity index (χ4n) is 5.36. The summed E-state index contributed by atoms with van der Waals surface area (Å²) >= 11 is 0. The first-order valence-electron chi connectivity index (χ1n) is 12.1. The molecule has 0 atom stereocenters. The third kappa shape index (κ3) is 4.06. The van der Waals surface area contributed by atoms with Crippen LogP contribution in [0.25, 0.3) is 22.5 Å². The molecule has 0 aliphatic rings. The molecule has 0 N–H and O–H groups in total. The van der Waals surface area contributed by atoms with Crippen molar-refractivity contribution in [3.8, 4) is 22.5 Å². The predicted octanol–water partition coefficient (Wildman–Crippen LogP) is -5.85. The standard InChI is InChI=1S/C24H35B7N2/c1-8-9(2)12(17(27)15(25)10(8)3)21-14(24(5,6)7)22(33-23(31)32-21)13-11(4)16(26)19(29)20(30)18(13)28/h25-31H2,1-7H3. The Hall–Kier alpha value is -2.03. The van der Waals surface area contributed by atoms with Crippen LogP contribution >= 0.6 is 0 Å². The van der Waals surface area contributed by atoms with Crippen molar-refractivity contribution in [3.05, 3.63) is 27.8 Å². The van der Waals surface area contributed by atoms with Gasteiger partial charge in [-0.1, -0.05) is 48.2 Å². The summed E-state index contributed by atoms with van der Waals surface area (Å²) in [4.78, 5) is 10.3. The topological polar surface area (TPSA) is 25.8 Å². The molecule has 0 saturated heterocycles. The predicted molar refractivity (Wildman–Crippen MR) is 168 cm³/mol. The van der Waals surface area contributed by atoms with E-state index in [4.69, 9.17) is 9.97 Å². The van der Waals surface area contributed by atoms with E-state index in [0.717, 1.165) is 17.1 Å². The summed E-state index contributed by atoms with van der Waals surface area (Å²) in [5.41, 5.74) is 20.2. The van der Waals surface area contributed by atoms with Gasteiger partial charge in [-0.05, 0) is 60.9 Å². The van der Waals surface area contributed by atoms with Crippen molar-refractivity contribution in [3.63, 3.8) is 0 Å². The largest absolute Gasteiger partial charge is 0.244 e. The minimum Gasteiger partial charge on any atom is -0.244 e. The molecule has 162 valence electrons. The normalized spacial score (nSPS) is 11.7. The van der Waals surface area contributed by atoms with E-state index in [-0.39, 0.29) is 5.41 Å². The maximum Gasteiger partial charge on any atom is 0.189 e. The van der Waals surface area contributed by atoms with Crippen LogP contribution in [0.2, 0.25) is 0 Å². The third-order valence-electron chi connectivity index (χ3n) is 8.24. The first-order valence-corrected chi connectivity index (χ1v) is 12.1. The highest BCUT2D eigenvalue weighted by Crippen LogP contribution is 2.38. The monoisotopic (exact) mass is 428 g/mol. The number of hydrogen-bond acceptors (Lipinski definition) is 2. The number of benzene rings is 2. The Bertz CT molecular complexity index is 1160. The zero-order valence-electron chi connectivity index (χ0n) is 23.4. The summed E-state index contributed by atoms with van der Waals surface area (Å²) in [5.74, 6) is 0. The molecule has 0 fully saturated rings. The second kappa shape index (κ2) is 8.64. The summed E-state index contributed by atoms with van der Waals surface area (Å²) in [5, 5.41) is 0. The Labute approximate surface area is 207 Å². The van der Waals surface area contributed by atoms with Gasteiger partial charge in [-0.3, -0.25) is 0 Å². The average Bonchev–Trinajstić information content (AvgIpc) is 2.72. The molecule has 0 spiro atoms. The lowest BCUT2D eigenvalue weighted by Gasteiger charge is -2.30. The van der Waals surface area contributed by atoms with Gasteiger partial charge in [0.25, 0.3) is 0 Å². The zero-order valence-corrected chi connectivity index (χ0v) is 23.4. The van der Waals surface area contributed by atoms with Crippen molar-refractivity contribution in [2.75, 3.05) is 0 Å². The molecule has 3 aromatic rings. The van der Waals surface area contributed by atoms with Crippen molar-refractivity contribution in [2.45, 2.75) is 53.9 Å². The van der Waals surface area contributed by atoms with Crippen molar-refractivity contribution in [1.29, 1.82) is 0 Å². The highest BCUT2D eigenvalue weighted by Gasteiger charge is 2.30. The van der Waals surface area contributed by atoms with Crippen LogP contribution in [0.4, 0.5) is 0 Å². The molecule has 0 bridgehead atoms. The highest BCUT2D eigenvalue weighted by molar-refractivity contribution is 6.64. The molecule has 33 heavy (non-hydrogen) atoms. The van der Waals surface area contributed by atoms with E-state index in [9.17, 15) is 0 Å². The maximum absolute atomic E-state index is 5.14. The first-order chi connectivity index (χ1) is 15.1. The van der Waals surface area contributed by atoms with Gasteiger partial charge < -0.3 is 0 Å². The lowest BCUT2D eigenvalue weighted by atomic mass is 9.62. The Kier molecular flexibility index (Phi) is 6.70. The SMILES string of the molecule is Bc1nc(-c2c(B)c(B)c(B)c(B)c2C)c(C(C)(C)C)c(-c2c(B)c(B)c(C)c(C)c2C)n1. The van der Waals surface area contributed by atoms with E-state index in [2.05, 4.69) is 95.5 Å². The molecule has 9 heteroatoms. The number of aromatic nitrogens is 2. The molecule has 0 saturated carbocycles. The lowest BCUT2D eigenvalue weighted by molar-refractivity contribution is 0.589. The van der Waals surface area contributed by atoms with Crippen molar-refractivity contribution < 1.29 is 0 Å². The molecule has 0 aliphatic carbocycles. The molecular weight excluding hydrogens is 392 g/mol. The number of hydrogen-bond donors (Lipinski definition) is 0. The van der Waals surface area contributed by atoms with Crippen molar-refractivity contribution in [1.82, 2.24) is 9.97 Å². The van der Waals surface area contributed by atoms with Gasteiger partial charge >= 0.3 is 0 Å². The van der Waals surface area contributed by atoms with Gasteiger partial charge in [0, 0.05) is 5.56 Å². The smallest absolute Gasteiger partial charge is 0.189 e. The molecule has 1 heterocycles. The Morgan fingerprint density at radius 3 is 1.36 bits per heavy atom. The Balaban J connectivity index is 2.61. The van der Waals surface area contributed by atoms with Crippen LogP contribution in [-0.4, -0.2) is 64.9 Å². The van der Waals surface area contributed by atoms with Crippen LogP contribution in [-0.2, 0) is 5.41 Å². The first kappa shape index (κ1) is 25.6. The van der Waals surface area contributed by atoms with Crippen LogP contribution in [0.1, 0.15) is 48.6 Å². The van der Waals surface area contributed by atoms with E-state index in [0.29, 0.717) is 0 Å². The molecule has 0 unspecified atom stereocenters. The minimum atomic E-state index is -0.116. The summed E-state index contributed by atoms with van der Waals surface area (Å²) in [6.07, 6.45) is 0. The second-order valence-electron chi connectivity index (χ2n) is 11.1. The Morgan fingerprint density at radius 1 is 0.485 bits per heavy atom. The molecule has 2 nitrogen and oxygen atoms in total. The van der Waals surface area contributed by atoms with E-state index in [1.54, 1.807) is 0 Å². The molecule has 3 rings (SSSR count). The molecule has 0 radical (unpaired) electrons. The zero-order chi connectivity index (χ0) is 25.2. The average molecular weight is 427 g/mol. The quantitative estimate of drug-likeness (QED) is 0.381. The summed E-state index contributed by atoms with van der Waals surface area (Å²) in [7, 11) is 15.5. The molecular formula is C24H35B7N2. The number of nitrogens with zero attached hydrogens (tertiary/aromatic N) is 2. The van der Waals surface area contributed by atoms with Gasteiger partial charge in [0.15, 0.2) is 7.85 Å². The van der Waals surface area contributed by atoms with Crippen LogP contribution < -0.4 is 38.5 Å². The lowest BCUT2D eigenvalue weighted by Crippen LogP contribution is -2.49. The van der Waals surface area contributed by atoms with Crippen LogP contribution in [0.5, 0.6) is 0 Å². The minimum absolute atomic E-state index is 0.116. The maximum atomic E-state index is 5.14. The van der Waals surface area contributed by atoms with E-state index >= 15 is 0 Å². The Morgan fingerprint density at radius 2 is 0.879 bits per heavy atom. The fourth-order valence-corrected chi connectivity index (χ4v) is 5.36. The van der Waals surface area contributed by atoms with Gasteiger partial charge in [0.1, 0.15) is 47.1 Å². The molecule has 1 aromatic heterocycles. The van der Waals surface area contributed by atoms with Crippen molar-refractivity contribution >= 4 is 93.4 Å². The summed E-state index contributed by atoms with van der Waals surface area (Å²) < 4.78 is 0. The van der Waals surface area contributed by atoms with E-state index in [1.165, 1.54) is 71.7 Å². The summed E-state index contributed by atoms with van der Waals surface area (Å²) in [6.45, 7) is 15.9. The van der Waals surface area contributed by atoms with E-state index in [1.807, 2.05) is 7.85 Å². The third-order valence-corrected chi connectivity index (χ3v) is 8.24. The molecule has 2 aromatic carbocycles. The van der Waals surface area contributed by atoms with Gasteiger partial charge in [0.2, 0.25) is 0 Å². The number of rotatable bonds is 2. The van der Waals surface area contributed by atoms with Crippen LogP contribution in [0.3, 0.4) is 0 Å². The molecule has 0 amide bonds. The van der Waals surface area contributed by atoms with Crippen molar-refractivity contribution in [2.24, 2.45) is 0 Å². The molecule has 0 aliphatic heterocycles. The van der Waals surface area contributed by atoms with Crippen LogP contribution in [0.15, 0.2) is 0 Å². The van der Waals surface area contributed by atoms with Gasteiger partial charge in [-0.2, -0.15) is 0 Å². The summed E-state index contributed by atoms with van der Waals surface area (Å²) in [6, 6.07) is 0. The van der Waals surface area contributed by atoms with E-state index < -0.39 is 0 Å². The van der Waals surface area contributed by atoms with Gasteiger partial charge in [-0.15, -0.1) is 10.9 Å². The van der Waals surface area contributed by atoms with Gasteiger partial charge in [0.05, 0.1) is 17.1 Å².